The zero-order valence-electron chi connectivity index (χ0n) is 14.2. The molecule has 3 aliphatic rings. The molecule has 1 spiro atoms. The SMILES string of the molecule is CCC(C)C1CNC(C)CN1CC1CCC2(CCCC2)O1. The Kier molecular flexibility index (Phi) is 4.92. The summed E-state index contributed by atoms with van der Waals surface area (Å²) in [5.74, 6) is 0.770. The Labute approximate surface area is 130 Å². The van der Waals surface area contributed by atoms with Crippen LogP contribution in [0.4, 0.5) is 0 Å². The van der Waals surface area contributed by atoms with Crippen molar-refractivity contribution in [3.8, 4) is 0 Å². The van der Waals surface area contributed by atoms with E-state index in [1.165, 1.54) is 51.5 Å². The van der Waals surface area contributed by atoms with Crippen molar-refractivity contribution < 1.29 is 4.74 Å². The highest BCUT2D eigenvalue weighted by molar-refractivity contribution is 4.95. The van der Waals surface area contributed by atoms with E-state index in [-0.39, 0.29) is 5.60 Å². The first-order chi connectivity index (χ1) is 10.1. The lowest BCUT2D eigenvalue weighted by Gasteiger charge is -2.43. The maximum absolute atomic E-state index is 6.55. The average molecular weight is 294 g/mol. The van der Waals surface area contributed by atoms with Crippen molar-refractivity contribution in [2.75, 3.05) is 19.6 Å². The van der Waals surface area contributed by atoms with Crippen LogP contribution in [0.5, 0.6) is 0 Å². The molecule has 1 saturated carbocycles. The zero-order valence-corrected chi connectivity index (χ0v) is 14.2. The molecule has 2 aliphatic heterocycles. The van der Waals surface area contributed by atoms with Gasteiger partial charge in [-0.1, -0.05) is 33.1 Å². The Hall–Kier alpha value is -0.120. The summed E-state index contributed by atoms with van der Waals surface area (Å²) in [5, 5.41) is 3.67. The molecule has 122 valence electrons. The Bertz CT molecular complexity index is 340. The molecule has 3 nitrogen and oxygen atoms in total. The summed E-state index contributed by atoms with van der Waals surface area (Å²) in [5.41, 5.74) is 0.288. The molecule has 0 aromatic heterocycles. The van der Waals surface area contributed by atoms with Gasteiger partial charge in [-0.3, -0.25) is 4.90 Å². The quantitative estimate of drug-likeness (QED) is 0.862. The number of rotatable bonds is 4. The van der Waals surface area contributed by atoms with Gasteiger partial charge in [0.05, 0.1) is 11.7 Å². The summed E-state index contributed by atoms with van der Waals surface area (Å²) in [7, 11) is 0. The summed E-state index contributed by atoms with van der Waals surface area (Å²) in [6, 6.07) is 1.31. The molecule has 3 heteroatoms. The number of ether oxygens (including phenoxy) is 1. The Morgan fingerprint density at radius 1 is 1.29 bits per heavy atom. The number of hydrogen-bond acceptors (Lipinski definition) is 3. The molecule has 0 radical (unpaired) electrons. The summed E-state index contributed by atoms with van der Waals surface area (Å²) >= 11 is 0. The van der Waals surface area contributed by atoms with E-state index in [4.69, 9.17) is 4.74 Å². The molecule has 4 atom stereocenters. The van der Waals surface area contributed by atoms with Crippen molar-refractivity contribution in [3.05, 3.63) is 0 Å². The first kappa shape index (κ1) is 15.8. The molecule has 0 amide bonds. The molecule has 0 bridgehead atoms. The number of hydrogen-bond donors (Lipinski definition) is 1. The van der Waals surface area contributed by atoms with E-state index in [2.05, 4.69) is 31.0 Å². The highest BCUT2D eigenvalue weighted by Crippen LogP contribution is 2.43. The maximum atomic E-state index is 6.55. The second-order valence-electron chi connectivity index (χ2n) is 7.88. The molecule has 0 aromatic rings. The molecule has 1 N–H and O–H groups in total. The second-order valence-corrected chi connectivity index (χ2v) is 7.88. The minimum atomic E-state index is 0.288. The van der Waals surface area contributed by atoms with Crippen LogP contribution in [0, 0.1) is 5.92 Å². The first-order valence-electron chi connectivity index (χ1n) is 9.27. The van der Waals surface area contributed by atoms with Crippen LogP contribution in [-0.2, 0) is 4.74 Å². The molecular formula is C18H34N2O. The number of nitrogens with zero attached hydrogens (tertiary/aromatic N) is 1. The highest BCUT2D eigenvalue weighted by atomic mass is 16.5. The molecule has 3 fully saturated rings. The Balaban J connectivity index is 1.59. The third kappa shape index (κ3) is 3.46. The average Bonchev–Trinajstić information content (AvgIpc) is 3.09. The molecule has 21 heavy (non-hydrogen) atoms. The Morgan fingerprint density at radius 2 is 2.05 bits per heavy atom. The lowest BCUT2D eigenvalue weighted by atomic mass is 9.94. The first-order valence-corrected chi connectivity index (χ1v) is 9.27. The largest absolute Gasteiger partial charge is 0.370 e. The number of piperazine rings is 1. The van der Waals surface area contributed by atoms with Crippen molar-refractivity contribution >= 4 is 0 Å². The molecule has 1 aliphatic carbocycles. The molecular weight excluding hydrogens is 260 g/mol. The minimum Gasteiger partial charge on any atom is -0.370 e. The summed E-state index contributed by atoms with van der Waals surface area (Å²) < 4.78 is 6.55. The van der Waals surface area contributed by atoms with Gasteiger partial charge < -0.3 is 10.1 Å². The van der Waals surface area contributed by atoms with Crippen LogP contribution in [0.2, 0.25) is 0 Å². The van der Waals surface area contributed by atoms with Gasteiger partial charge in [0, 0.05) is 31.7 Å². The molecule has 0 aromatic carbocycles. The van der Waals surface area contributed by atoms with Crippen LogP contribution in [0.15, 0.2) is 0 Å². The maximum Gasteiger partial charge on any atom is 0.0710 e. The normalized spacial score (nSPS) is 38.1. The predicted octanol–water partition coefficient (Wildman–Crippen LogP) is 3.19. The number of nitrogens with one attached hydrogen (secondary N) is 1. The van der Waals surface area contributed by atoms with Crippen molar-refractivity contribution in [1.29, 1.82) is 0 Å². The van der Waals surface area contributed by atoms with Gasteiger partial charge in [-0.15, -0.1) is 0 Å². The highest BCUT2D eigenvalue weighted by Gasteiger charge is 2.43. The van der Waals surface area contributed by atoms with E-state index in [1.807, 2.05) is 0 Å². The lowest BCUT2D eigenvalue weighted by Crippen LogP contribution is -2.59. The zero-order chi connectivity index (χ0) is 14.9. The smallest absolute Gasteiger partial charge is 0.0710 e. The topological polar surface area (TPSA) is 24.5 Å². The molecule has 3 rings (SSSR count). The monoisotopic (exact) mass is 294 g/mol. The van der Waals surface area contributed by atoms with Crippen LogP contribution >= 0.6 is 0 Å². The Morgan fingerprint density at radius 3 is 2.76 bits per heavy atom. The van der Waals surface area contributed by atoms with Crippen molar-refractivity contribution in [1.82, 2.24) is 10.2 Å². The molecule has 2 saturated heterocycles. The van der Waals surface area contributed by atoms with Crippen LogP contribution in [0.25, 0.3) is 0 Å². The van der Waals surface area contributed by atoms with Gasteiger partial charge in [0.2, 0.25) is 0 Å². The fourth-order valence-electron chi connectivity index (χ4n) is 4.72. The van der Waals surface area contributed by atoms with E-state index < -0.39 is 0 Å². The van der Waals surface area contributed by atoms with Crippen LogP contribution in [-0.4, -0.2) is 48.3 Å². The van der Waals surface area contributed by atoms with Gasteiger partial charge in [0.15, 0.2) is 0 Å². The molecule has 4 unspecified atom stereocenters. The second kappa shape index (κ2) is 6.55. The van der Waals surface area contributed by atoms with Gasteiger partial charge in [-0.25, -0.2) is 0 Å². The van der Waals surface area contributed by atoms with E-state index >= 15 is 0 Å². The van der Waals surface area contributed by atoms with Crippen molar-refractivity contribution in [3.63, 3.8) is 0 Å². The van der Waals surface area contributed by atoms with Crippen LogP contribution < -0.4 is 5.32 Å². The molecule has 2 heterocycles. The van der Waals surface area contributed by atoms with Crippen LogP contribution in [0.1, 0.15) is 65.7 Å². The van der Waals surface area contributed by atoms with E-state index in [9.17, 15) is 0 Å². The van der Waals surface area contributed by atoms with Crippen LogP contribution in [0.3, 0.4) is 0 Å². The third-order valence-corrected chi connectivity index (χ3v) is 6.25. The standard InChI is InChI=1S/C18H34N2O/c1-4-14(2)17-11-19-15(3)12-20(17)13-16-7-10-18(21-16)8-5-6-9-18/h14-17,19H,4-13H2,1-3H3. The van der Waals surface area contributed by atoms with Crippen molar-refractivity contribution in [2.45, 2.75) is 89.5 Å². The van der Waals surface area contributed by atoms with Gasteiger partial charge >= 0.3 is 0 Å². The van der Waals surface area contributed by atoms with Gasteiger partial charge in [0.25, 0.3) is 0 Å². The van der Waals surface area contributed by atoms with Gasteiger partial charge in [-0.2, -0.15) is 0 Å². The third-order valence-electron chi connectivity index (χ3n) is 6.25. The van der Waals surface area contributed by atoms with Crippen molar-refractivity contribution in [2.24, 2.45) is 5.92 Å². The van der Waals surface area contributed by atoms with Gasteiger partial charge in [0.1, 0.15) is 0 Å². The summed E-state index contributed by atoms with van der Waals surface area (Å²) in [4.78, 5) is 2.73. The summed E-state index contributed by atoms with van der Waals surface area (Å²) in [6.45, 7) is 10.5. The minimum absolute atomic E-state index is 0.288. The fourth-order valence-corrected chi connectivity index (χ4v) is 4.72. The summed E-state index contributed by atoms with van der Waals surface area (Å²) in [6.07, 6.45) is 9.75. The van der Waals surface area contributed by atoms with E-state index in [0.717, 1.165) is 19.0 Å². The van der Waals surface area contributed by atoms with Gasteiger partial charge in [-0.05, 0) is 38.5 Å². The lowest BCUT2D eigenvalue weighted by molar-refractivity contribution is -0.0578. The van der Waals surface area contributed by atoms with E-state index in [0.29, 0.717) is 18.2 Å². The predicted molar refractivity (Wildman–Crippen MR) is 87.6 cm³/mol. The van der Waals surface area contributed by atoms with E-state index in [1.54, 1.807) is 0 Å². The fraction of sp³-hybridized carbons (Fsp3) is 1.00.